The number of fused-ring (bicyclic) bond motifs is 1. The van der Waals surface area contributed by atoms with Crippen LogP contribution in [0.25, 0.3) is 11.0 Å². The molecule has 4 N–H and O–H groups in total. The van der Waals surface area contributed by atoms with Gasteiger partial charge < -0.3 is 20.4 Å². The predicted molar refractivity (Wildman–Crippen MR) is 74.3 cm³/mol. The van der Waals surface area contributed by atoms with Gasteiger partial charge in [-0.2, -0.15) is 0 Å². The second-order valence-corrected chi connectivity index (χ2v) is 6.00. The van der Waals surface area contributed by atoms with Crippen LogP contribution in [0, 0.1) is 5.41 Å². The molecule has 2 heterocycles. The van der Waals surface area contributed by atoms with E-state index in [1.54, 1.807) is 0 Å². The Bertz CT molecular complexity index is 665. The second-order valence-electron chi connectivity index (χ2n) is 6.00. The molecule has 1 saturated heterocycles. The molecular weight excluding hydrogens is 242 g/mol. The van der Waals surface area contributed by atoms with Gasteiger partial charge in [-0.15, -0.1) is 0 Å². The van der Waals surface area contributed by atoms with Crippen LogP contribution in [0.3, 0.4) is 0 Å². The van der Waals surface area contributed by atoms with E-state index in [-0.39, 0.29) is 16.5 Å². The zero-order valence-electron chi connectivity index (χ0n) is 11.2. The summed E-state index contributed by atoms with van der Waals surface area (Å²) in [5.74, 6) is 0. The molecule has 0 aliphatic carbocycles. The van der Waals surface area contributed by atoms with E-state index in [4.69, 9.17) is 10.5 Å². The SMILES string of the molecule is CC(C)(CN)C1(c2ccc3[nH]c(=O)[nH]c3c2)COC1. The van der Waals surface area contributed by atoms with E-state index in [1.165, 1.54) is 5.56 Å². The molecule has 2 aromatic rings. The minimum absolute atomic E-state index is 0.0461. The average molecular weight is 261 g/mol. The third kappa shape index (κ3) is 1.65. The molecule has 0 spiro atoms. The van der Waals surface area contributed by atoms with Crippen molar-refractivity contribution in [3.05, 3.63) is 34.2 Å². The summed E-state index contributed by atoms with van der Waals surface area (Å²) in [7, 11) is 0. The van der Waals surface area contributed by atoms with Gasteiger partial charge in [0.2, 0.25) is 0 Å². The highest BCUT2D eigenvalue weighted by Crippen LogP contribution is 2.47. The number of aromatic nitrogens is 2. The van der Waals surface area contributed by atoms with Crippen LogP contribution in [-0.2, 0) is 10.2 Å². The molecule has 1 fully saturated rings. The van der Waals surface area contributed by atoms with Crippen LogP contribution in [0.2, 0.25) is 0 Å². The zero-order chi connectivity index (χ0) is 13.7. The van der Waals surface area contributed by atoms with Crippen molar-refractivity contribution < 1.29 is 4.74 Å². The molecule has 0 saturated carbocycles. The molecule has 1 aliphatic heterocycles. The predicted octanol–water partition coefficient (Wildman–Crippen LogP) is 1.11. The molecule has 0 radical (unpaired) electrons. The highest BCUT2D eigenvalue weighted by Gasteiger charge is 2.51. The Hall–Kier alpha value is -1.59. The first kappa shape index (κ1) is 12.4. The first-order valence-electron chi connectivity index (χ1n) is 6.49. The van der Waals surface area contributed by atoms with Crippen molar-refractivity contribution in [3.8, 4) is 0 Å². The molecule has 0 bridgehead atoms. The Morgan fingerprint density at radius 2 is 2.00 bits per heavy atom. The van der Waals surface area contributed by atoms with Crippen LogP contribution in [0.15, 0.2) is 23.0 Å². The largest absolute Gasteiger partial charge is 0.379 e. The molecule has 0 amide bonds. The van der Waals surface area contributed by atoms with Crippen LogP contribution in [0.5, 0.6) is 0 Å². The fourth-order valence-corrected chi connectivity index (χ4v) is 2.78. The van der Waals surface area contributed by atoms with E-state index in [1.807, 2.05) is 12.1 Å². The fourth-order valence-electron chi connectivity index (χ4n) is 2.78. The van der Waals surface area contributed by atoms with Gasteiger partial charge in [-0.05, 0) is 29.7 Å². The maximum absolute atomic E-state index is 11.3. The standard InChI is InChI=1S/C14H19N3O2/c1-13(2,6-15)14(7-19-8-14)9-3-4-10-11(5-9)17-12(18)16-10/h3-5H,6-8,15H2,1-2H3,(H2,16,17,18). The molecule has 0 atom stereocenters. The molecule has 1 aliphatic rings. The van der Waals surface area contributed by atoms with E-state index in [9.17, 15) is 4.79 Å². The lowest BCUT2D eigenvalue weighted by atomic mass is 9.60. The van der Waals surface area contributed by atoms with Gasteiger partial charge >= 0.3 is 5.69 Å². The van der Waals surface area contributed by atoms with Crippen molar-refractivity contribution in [3.63, 3.8) is 0 Å². The van der Waals surface area contributed by atoms with E-state index in [2.05, 4.69) is 29.9 Å². The van der Waals surface area contributed by atoms with E-state index < -0.39 is 0 Å². The van der Waals surface area contributed by atoms with Crippen LogP contribution >= 0.6 is 0 Å². The lowest BCUT2D eigenvalue weighted by molar-refractivity contribution is -0.116. The number of nitrogens with one attached hydrogen (secondary N) is 2. The summed E-state index contributed by atoms with van der Waals surface area (Å²) in [6.45, 7) is 6.28. The Kier molecular flexibility index (Phi) is 2.59. The lowest BCUT2D eigenvalue weighted by Crippen LogP contribution is -2.59. The van der Waals surface area contributed by atoms with Crippen molar-refractivity contribution in [2.45, 2.75) is 19.3 Å². The van der Waals surface area contributed by atoms with Crippen molar-refractivity contribution in [1.82, 2.24) is 9.97 Å². The maximum atomic E-state index is 11.3. The van der Waals surface area contributed by atoms with Crippen LogP contribution in [0.4, 0.5) is 0 Å². The van der Waals surface area contributed by atoms with Crippen molar-refractivity contribution >= 4 is 11.0 Å². The van der Waals surface area contributed by atoms with E-state index in [0.29, 0.717) is 19.8 Å². The summed E-state index contributed by atoms with van der Waals surface area (Å²) >= 11 is 0. The number of H-pyrrole nitrogens is 2. The van der Waals surface area contributed by atoms with Gasteiger partial charge in [0.15, 0.2) is 0 Å². The first-order valence-corrected chi connectivity index (χ1v) is 6.49. The average Bonchev–Trinajstić information content (AvgIpc) is 2.66. The topological polar surface area (TPSA) is 83.9 Å². The number of hydrogen-bond acceptors (Lipinski definition) is 3. The molecule has 0 unspecified atom stereocenters. The number of ether oxygens (including phenoxy) is 1. The molecule has 5 nitrogen and oxygen atoms in total. The van der Waals surface area contributed by atoms with Crippen molar-refractivity contribution in [2.24, 2.45) is 11.1 Å². The Morgan fingerprint density at radius 3 is 2.58 bits per heavy atom. The third-order valence-corrected chi connectivity index (χ3v) is 4.57. The summed E-state index contributed by atoms with van der Waals surface area (Å²) in [6, 6.07) is 6.04. The quantitative estimate of drug-likeness (QED) is 0.774. The number of imidazole rings is 1. The maximum Gasteiger partial charge on any atom is 0.323 e. The van der Waals surface area contributed by atoms with Gasteiger partial charge in [0.05, 0.1) is 24.2 Å². The minimum Gasteiger partial charge on any atom is -0.379 e. The van der Waals surface area contributed by atoms with Crippen LogP contribution in [-0.4, -0.2) is 29.7 Å². The number of benzene rings is 1. The Morgan fingerprint density at radius 1 is 1.32 bits per heavy atom. The van der Waals surface area contributed by atoms with Gasteiger partial charge in [-0.1, -0.05) is 19.9 Å². The minimum atomic E-state index is -0.177. The van der Waals surface area contributed by atoms with Crippen LogP contribution < -0.4 is 11.4 Å². The molecule has 19 heavy (non-hydrogen) atoms. The van der Waals surface area contributed by atoms with Crippen molar-refractivity contribution in [2.75, 3.05) is 19.8 Å². The number of hydrogen-bond donors (Lipinski definition) is 3. The molecule has 5 heteroatoms. The summed E-state index contributed by atoms with van der Waals surface area (Å²) in [5, 5.41) is 0. The third-order valence-electron chi connectivity index (χ3n) is 4.57. The first-order chi connectivity index (χ1) is 8.98. The van der Waals surface area contributed by atoms with Gasteiger partial charge in [-0.3, -0.25) is 0 Å². The molecular formula is C14H19N3O2. The number of rotatable bonds is 3. The monoisotopic (exact) mass is 261 g/mol. The highest BCUT2D eigenvalue weighted by molar-refractivity contribution is 5.75. The van der Waals surface area contributed by atoms with E-state index >= 15 is 0 Å². The fraction of sp³-hybridized carbons (Fsp3) is 0.500. The summed E-state index contributed by atoms with van der Waals surface area (Å²) < 4.78 is 5.46. The van der Waals surface area contributed by atoms with Gasteiger partial charge in [0, 0.05) is 5.41 Å². The van der Waals surface area contributed by atoms with Gasteiger partial charge in [0.25, 0.3) is 0 Å². The van der Waals surface area contributed by atoms with Crippen molar-refractivity contribution in [1.29, 1.82) is 0 Å². The van der Waals surface area contributed by atoms with Crippen LogP contribution in [0.1, 0.15) is 19.4 Å². The Labute approximate surface area is 111 Å². The summed E-state index contributed by atoms with van der Waals surface area (Å²) in [6.07, 6.45) is 0. The smallest absolute Gasteiger partial charge is 0.323 e. The van der Waals surface area contributed by atoms with Gasteiger partial charge in [0.1, 0.15) is 0 Å². The zero-order valence-corrected chi connectivity index (χ0v) is 11.2. The number of nitrogens with two attached hydrogens (primary N) is 1. The highest BCUT2D eigenvalue weighted by atomic mass is 16.5. The molecule has 102 valence electrons. The molecule has 1 aromatic carbocycles. The van der Waals surface area contributed by atoms with Gasteiger partial charge in [-0.25, -0.2) is 4.79 Å². The lowest BCUT2D eigenvalue weighted by Gasteiger charge is -2.52. The summed E-state index contributed by atoms with van der Waals surface area (Å²) in [5.41, 5.74) is 8.49. The normalized spacial score (nSPS) is 18.5. The summed E-state index contributed by atoms with van der Waals surface area (Å²) in [4.78, 5) is 16.9. The van der Waals surface area contributed by atoms with E-state index in [0.717, 1.165) is 11.0 Å². The molecule has 3 rings (SSSR count). The molecule has 1 aromatic heterocycles. The second kappa shape index (κ2) is 3.95. The number of aromatic amines is 2. The Balaban J connectivity index is 2.14.